The molecule has 1 saturated heterocycles. The monoisotopic (exact) mass is 382 g/mol. The summed E-state index contributed by atoms with van der Waals surface area (Å²) in [6.07, 6.45) is -0.0497. The molecule has 3 rings (SSSR count). The molecule has 1 N–H and O–H groups in total. The zero-order chi connectivity index (χ0) is 19.8. The Morgan fingerprint density at radius 2 is 1.75 bits per heavy atom. The number of hydrogen-bond acceptors (Lipinski definition) is 4. The van der Waals surface area contributed by atoms with Gasteiger partial charge in [-0.2, -0.15) is 0 Å². The van der Waals surface area contributed by atoms with Crippen LogP contribution < -0.4 is 5.32 Å². The average Bonchev–Trinajstić information content (AvgIpc) is 2.74. The normalized spacial score (nSPS) is 19.1. The van der Waals surface area contributed by atoms with E-state index in [0.29, 0.717) is 38.3 Å². The molecule has 2 aromatic carbocycles. The molecule has 0 aromatic heterocycles. The van der Waals surface area contributed by atoms with Gasteiger partial charge in [-0.25, -0.2) is 4.79 Å². The molecule has 28 heavy (non-hydrogen) atoms. The molecule has 1 fully saturated rings. The van der Waals surface area contributed by atoms with Crippen LogP contribution in [0, 0.1) is 0 Å². The lowest BCUT2D eigenvalue weighted by atomic mass is 10.0. The highest BCUT2D eigenvalue weighted by Crippen LogP contribution is 2.18. The Morgan fingerprint density at radius 3 is 2.43 bits per heavy atom. The van der Waals surface area contributed by atoms with Crippen LogP contribution in [0.15, 0.2) is 60.7 Å². The van der Waals surface area contributed by atoms with Gasteiger partial charge < -0.3 is 19.7 Å². The number of amides is 2. The van der Waals surface area contributed by atoms with E-state index in [-0.39, 0.29) is 24.1 Å². The summed E-state index contributed by atoms with van der Waals surface area (Å²) in [4.78, 5) is 26.4. The number of rotatable bonds is 6. The Bertz CT molecular complexity index is 767. The third kappa shape index (κ3) is 5.33. The minimum atomic E-state index is -0.344. The van der Waals surface area contributed by atoms with E-state index >= 15 is 0 Å². The van der Waals surface area contributed by atoms with Crippen LogP contribution in [-0.4, -0.2) is 48.7 Å². The van der Waals surface area contributed by atoms with Crippen molar-refractivity contribution in [3.8, 4) is 0 Å². The van der Waals surface area contributed by atoms with Gasteiger partial charge in [0.1, 0.15) is 0 Å². The van der Waals surface area contributed by atoms with Crippen LogP contribution in [0.2, 0.25) is 0 Å². The molecule has 148 valence electrons. The number of carbonyl (C=O) groups is 2. The molecule has 0 radical (unpaired) electrons. The van der Waals surface area contributed by atoms with Gasteiger partial charge in [-0.05, 0) is 31.0 Å². The Kier molecular flexibility index (Phi) is 7.03. The molecule has 0 saturated carbocycles. The fraction of sp³-hybridized carbons (Fsp3) is 0.364. The van der Waals surface area contributed by atoms with Crippen LogP contribution in [0.1, 0.15) is 29.3 Å². The first kappa shape index (κ1) is 19.9. The number of piperidine rings is 1. The van der Waals surface area contributed by atoms with Gasteiger partial charge in [0.2, 0.25) is 0 Å². The molecule has 2 aromatic rings. The van der Waals surface area contributed by atoms with Crippen LogP contribution in [0.4, 0.5) is 4.79 Å². The van der Waals surface area contributed by atoms with Crippen LogP contribution >= 0.6 is 0 Å². The van der Waals surface area contributed by atoms with Crippen molar-refractivity contribution in [3.05, 3.63) is 71.8 Å². The quantitative estimate of drug-likeness (QED) is 0.833. The highest BCUT2D eigenvalue weighted by atomic mass is 16.6. The van der Waals surface area contributed by atoms with Crippen molar-refractivity contribution in [2.75, 3.05) is 19.7 Å². The van der Waals surface area contributed by atoms with Crippen molar-refractivity contribution in [2.45, 2.75) is 32.1 Å². The third-order valence-electron chi connectivity index (χ3n) is 4.74. The lowest BCUT2D eigenvalue weighted by Gasteiger charge is -2.38. The lowest BCUT2D eigenvalue weighted by Crippen LogP contribution is -2.56. The highest BCUT2D eigenvalue weighted by molar-refractivity contribution is 5.94. The predicted octanol–water partition coefficient (Wildman–Crippen LogP) is 3.23. The van der Waals surface area contributed by atoms with E-state index in [2.05, 4.69) is 5.32 Å². The number of ether oxygens (including phenoxy) is 2. The van der Waals surface area contributed by atoms with Gasteiger partial charge >= 0.3 is 6.09 Å². The van der Waals surface area contributed by atoms with E-state index in [1.54, 1.807) is 24.0 Å². The van der Waals surface area contributed by atoms with Gasteiger partial charge in [-0.1, -0.05) is 48.5 Å². The van der Waals surface area contributed by atoms with E-state index in [1.165, 1.54) is 0 Å². The van der Waals surface area contributed by atoms with Crippen LogP contribution in [-0.2, 0) is 16.1 Å². The number of nitrogens with zero attached hydrogens (tertiary/aromatic N) is 1. The van der Waals surface area contributed by atoms with Gasteiger partial charge in [-0.15, -0.1) is 0 Å². The van der Waals surface area contributed by atoms with Gasteiger partial charge in [-0.3, -0.25) is 4.79 Å². The Balaban J connectivity index is 1.67. The summed E-state index contributed by atoms with van der Waals surface area (Å²) in [6.45, 7) is 3.43. The van der Waals surface area contributed by atoms with Crippen LogP contribution in [0.5, 0.6) is 0 Å². The minimum Gasteiger partial charge on any atom is -0.450 e. The largest absolute Gasteiger partial charge is 0.450 e. The molecule has 1 aliphatic rings. The van der Waals surface area contributed by atoms with Gasteiger partial charge in [0.05, 0.1) is 31.9 Å². The van der Waals surface area contributed by atoms with E-state index in [1.807, 2.05) is 48.5 Å². The SMILES string of the molecule is CCOC(=O)N1CC[C@H](NC(=O)c2ccccc2)[C@H](OCc2ccccc2)C1. The van der Waals surface area contributed by atoms with Crippen molar-refractivity contribution in [3.63, 3.8) is 0 Å². The van der Waals surface area contributed by atoms with Crippen LogP contribution in [0.3, 0.4) is 0 Å². The van der Waals surface area contributed by atoms with Crippen molar-refractivity contribution in [1.82, 2.24) is 10.2 Å². The zero-order valence-corrected chi connectivity index (χ0v) is 16.0. The first-order chi connectivity index (χ1) is 13.7. The number of carbonyl (C=O) groups excluding carboxylic acids is 2. The number of nitrogens with one attached hydrogen (secondary N) is 1. The number of hydrogen-bond donors (Lipinski definition) is 1. The smallest absolute Gasteiger partial charge is 0.409 e. The molecule has 1 heterocycles. The fourth-order valence-corrected chi connectivity index (χ4v) is 3.25. The number of benzene rings is 2. The summed E-state index contributed by atoms with van der Waals surface area (Å²) in [5, 5.41) is 3.07. The van der Waals surface area contributed by atoms with E-state index in [9.17, 15) is 9.59 Å². The lowest BCUT2D eigenvalue weighted by molar-refractivity contribution is -0.0282. The molecule has 6 nitrogen and oxygen atoms in total. The second-order valence-electron chi connectivity index (χ2n) is 6.71. The molecule has 0 aliphatic carbocycles. The molecule has 0 bridgehead atoms. The second kappa shape index (κ2) is 9.90. The second-order valence-corrected chi connectivity index (χ2v) is 6.71. The summed E-state index contributed by atoms with van der Waals surface area (Å²) >= 11 is 0. The summed E-state index contributed by atoms with van der Waals surface area (Å²) < 4.78 is 11.2. The molecule has 1 aliphatic heterocycles. The van der Waals surface area contributed by atoms with Crippen molar-refractivity contribution in [2.24, 2.45) is 0 Å². The number of likely N-dealkylation sites (tertiary alicyclic amines) is 1. The predicted molar refractivity (Wildman–Crippen MR) is 106 cm³/mol. The molecular formula is C22H26N2O4. The van der Waals surface area contributed by atoms with Crippen molar-refractivity contribution >= 4 is 12.0 Å². The topological polar surface area (TPSA) is 67.9 Å². The highest BCUT2D eigenvalue weighted by Gasteiger charge is 2.34. The van der Waals surface area contributed by atoms with E-state index in [4.69, 9.17) is 9.47 Å². The average molecular weight is 382 g/mol. The summed E-state index contributed by atoms with van der Waals surface area (Å²) in [7, 11) is 0. The third-order valence-corrected chi connectivity index (χ3v) is 4.74. The molecule has 0 unspecified atom stereocenters. The molecular weight excluding hydrogens is 356 g/mol. The molecule has 6 heteroatoms. The summed E-state index contributed by atoms with van der Waals surface area (Å²) in [5.74, 6) is -0.136. The first-order valence-electron chi connectivity index (χ1n) is 9.60. The molecule has 2 amide bonds. The summed E-state index contributed by atoms with van der Waals surface area (Å²) in [6, 6.07) is 18.8. The van der Waals surface area contributed by atoms with E-state index < -0.39 is 0 Å². The molecule has 2 atom stereocenters. The van der Waals surface area contributed by atoms with Gasteiger partial charge in [0.15, 0.2) is 0 Å². The maximum Gasteiger partial charge on any atom is 0.409 e. The Labute approximate surface area is 165 Å². The molecule has 0 spiro atoms. The fourth-order valence-electron chi connectivity index (χ4n) is 3.25. The summed E-state index contributed by atoms with van der Waals surface area (Å²) in [5.41, 5.74) is 1.65. The maximum atomic E-state index is 12.6. The van der Waals surface area contributed by atoms with Crippen molar-refractivity contribution < 1.29 is 19.1 Å². The minimum absolute atomic E-state index is 0.136. The van der Waals surface area contributed by atoms with Crippen molar-refractivity contribution in [1.29, 1.82) is 0 Å². The first-order valence-corrected chi connectivity index (χ1v) is 9.60. The van der Waals surface area contributed by atoms with Gasteiger partial charge in [0, 0.05) is 12.1 Å². The zero-order valence-electron chi connectivity index (χ0n) is 16.0. The van der Waals surface area contributed by atoms with Crippen LogP contribution in [0.25, 0.3) is 0 Å². The Morgan fingerprint density at radius 1 is 1.07 bits per heavy atom. The standard InChI is InChI=1S/C22H26N2O4/c1-2-27-22(26)24-14-13-19(23-21(25)18-11-7-4-8-12-18)20(15-24)28-16-17-9-5-3-6-10-17/h3-12,19-20H,2,13-16H2,1H3,(H,23,25)/t19-,20+/m0/s1. The van der Waals surface area contributed by atoms with E-state index in [0.717, 1.165) is 5.56 Å². The maximum absolute atomic E-state index is 12.6. The van der Waals surface area contributed by atoms with Gasteiger partial charge in [0.25, 0.3) is 5.91 Å². The Hall–Kier alpha value is -2.86.